The maximum atomic E-state index is 11.6. The Morgan fingerprint density at radius 2 is 1.82 bits per heavy atom. The van der Waals surface area contributed by atoms with E-state index in [1.807, 2.05) is 12.1 Å². The third-order valence-electron chi connectivity index (χ3n) is 4.23. The first kappa shape index (κ1) is 18.3. The van der Waals surface area contributed by atoms with Gasteiger partial charge >= 0.3 is 5.97 Å². The number of pyridine rings is 1. The molecular weight excluding hydrogens is 397 g/mol. The fraction of sp³-hybridized carbons (Fsp3) is 0. The third-order valence-corrected chi connectivity index (χ3v) is 5.05. The zero-order valence-electron chi connectivity index (χ0n) is 14.4. The van der Waals surface area contributed by atoms with Gasteiger partial charge in [-0.3, -0.25) is 0 Å². The van der Waals surface area contributed by atoms with Gasteiger partial charge in [-0.2, -0.15) is 0 Å². The molecule has 0 aliphatic heterocycles. The van der Waals surface area contributed by atoms with Crippen molar-refractivity contribution in [2.75, 3.05) is 0 Å². The molecule has 2 aromatic carbocycles. The van der Waals surface area contributed by atoms with Crippen molar-refractivity contribution < 1.29 is 14.3 Å². The summed E-state index contributed by atoms with van der Waals surface area (Å²) in [6, 6.07) is 17.6. The lowest BCUT2D eigenvalue weighted by atomic mass is 10.1. The molecule has 0 saturated heterocycles. The number of hydrogen-bond acceptors (Lipinski definition) is 3. The van der Waals surface area contributed by atoms with E-state index in [2.05, 4.69) is 4.98 Å². The van der Waals surface area contributed by atoms with Crippen LogP contribution in [0.4, 0.5) is 0 Å². The number of hydrogen-bond donors (Lipinski definition) is 1. The molecule has 2 heterocycles. The van der Waals surface area contributed by atoms with E-state index in [0.29, 0.717) is 43.7 Å². The Balaban J connectivity index is 1.68. The summed E-state index contributed by atoms with van der Waals surface area (Å²) >= 11 is 12.3. The Bertz CT molecular complexity index is 1230. The SMILES string of the molecule is O=C(O)c1cc(/C=C/c2ccc(-c3cccc(Cl)c3Cl)o2)nc2ccccc12. The first-order valence-electron chi connectivity index (χ1n) is 8.38. The minimum Gasteiger partial charge on any atom is -0.478 e. The minimum atomic E-state index is -0.996. The Hall–Kier alpha value is -3.08. The molecule has 4 aromatic rings. The van der Waals surface area contributed by atoms with Crippen molar-refractivity contribution in [2.24, 2.45) is 0 Å². The standard InChI is InChI=1S/C22H13Cl2NO3/c23-18-6-3-5-16(21(18)24)20-11-10-14(28-20)9-8-13-12-17(22(26)27)15-4-1-2-7-19(15)25-13/h1-12H,(H,26,27)/b9-8+. The van der Waals surface area contributed by atoms with E-state index in [0.717, 1.165) is 0 Å². The summed E-state index contributed by atoms with van der Waals surface area (Å²) in [6.45, 7) is 0. The predicted molar refractivity (Wildman–Crippen MR) is 112 cm³/mol. The van der Waals surface area contributed by atoms with E-state index in [1.54, 1.807) is 60.7 Å². The molecular formula is C22H13Cl2NO3. The molecule has 1 N–H and O–H groups in total. The molecule has 0 atom stereocenters. The van der Waals surface area contributed by atoms with Crippen LogP contribution in [0.2, 0.25) is 10.0 Å². The van der Waals surface area contributed by atoms with Gasteiger partial charge in [-0.1, -0.05) is 47.5 Å². The fourth-order valence-electron chi connectivity index (χ4n) is 2.91. The van der Waals surface area contributed by atoms with Gasteiger partial charge in [0.05, 0.1) is 26.8 Å². The second-order valence-corrected chi connectivity index (χ2v) is 6.84. The van der Waals surface area contributed by atoms with Gasteiger partial charge in [-0.15, -0.1) is 0 Å². The molecule has 0 saturated carbocycles. The lowest BCUT2D eigenvalue weighted by Crippen LogP contribution is -2.00. The summed E-state index contributed by atoms with van der Waals surface area (Å²) in [5.74, 6) is 0.173. The van der Waals surface area contributed by atoms with Crippen molar-refractivity contribution in [1.82, 2.24) is 4.98 Å². The molecule has 4 rings (SSSR count). The molecule has 0 fully saturated rings. The summed E-state index contributed by atoms with van der Waals surface area (Å²) in [7, 11) is 0. The number of nitrogens with zero attached hydrogens (tertiary/aromatic N) is 1. The predicted octanol–water partition coefficient (Wildman–Crippen LogP) is 6.67. The van der Waals surface area contributed by atoms with Crippen molar-refractivity contribution >= 4 is 52.2 Å². The van der Waals surface area contributed by atoms with Gasteiger partial charge in [0.1, 0.15) is 11.5 Å². The van der Waals surface area contributed by atoms with Crippen LogP contribution in [-0.2, 0) is 0 Å². The number of aromatic carboxylic acids is 1. The highest BCUT2D eigenvalue weighted by molar-refractivity contribution is 6.43. The van der Waals surface area contributed by atoms with E-state index in [1.165, 1.54) is 0 Å². The average molecular weight is 410 g/mol. The van der Waals surface area contributed by atoms with Crippen LogP contribution in [-0.4, -0.2) is 16.1 Å². The van der Waals surface area contributed by atoms with Crippen LogP contribution in [0.1, 0.15) is 21.8 Å². The number of para-hydroxylation sites is 1. The van der Waals surface area contributed by atoms with Crippen LogP contribution in [0, 0.1) is 0 Å². The third kappa shape index (κ3) is 3.52. The van der Waals surface area contributed by atoms with Crippen molar-refractivity contribution in [2.45, 2.75) is 0 Å². The van der Waals surface area contributed by atoms with Crippen LogP contribution in [0.15, 0.2) is 65.1 Å². The lowest BCUT2D eigenvalue weighted by molar-refractivity contribution is 0.0699. The Labute approximate surface area is 170 Å². The molecule has 0 aliphatic rings. The smallest absolute Gasteiger partial charge is 0.336 e. The van der Waals surface area contributed by atoms with Gasteiger partial charge < -0.3 is 9.52 Å². The molecule has 6 heteroatoms. The quantitative estimate of drug-likeness (QED) is 0.408. The minimum absolute atomic E-state index is 0.205. The second kappa shape index (κ2) is 7.50. The van der Waals surface area contributed by atoms with E-state index in [9.17, 15) is 9.90 Å². The van der Waals surface area contributed by atoms with Crippen LogP contribution in [0.3, 0.4) is 0 Å². The van der Waals surface area contributed by atoms with Gasteiger partial charge in [0.15, 0.2) is 0 Å². The van der Waals surface area contributed by atoms with Crippen molar-refractivity contribution in [3.8, 4) is 11.3 Å². The van der Waals surface area contributed by atoms with Crippen LogP contribution in [0.25, 0.3) is 34.4 Å². The number of carboxylic acid groups (broad SMARTS) is 1. The summed E-state index contributed by atoms with van der Waals surface area (Å²) < 4.78 is 5.82. The van der Waals surface area contributed by atoms with Gasteiger partial charge in [0.2, 0.25) is 0 Å². The first-order chi connectivity index (χ1) is 13.5. The maximum Gasteiger partial charge on any atom is 0.336 e. The van der Waals surface area contributed by atoms with Crippen molar-refractivity contribution in [3.63, 3.8) is 0 Å². The van der Waals surface area contributed by atoms with Crippen LogP contribution in [0.5, 0.6) is 0 Å². The van der Waals surface area contributed by atoms with Crippen molar-refractivity contribution in [1.29, 1.82) is 0 Å². The summed E-state index contributed by atoms with van der Waals surface area (Å²) in [5.41, 5.74) is 2.05. The fourth-order valence-corrected chi connectivity index (χ4v) is 3.30. The number of fused-ring (bicyclic) bond motifs is 1. The highest BCUT2D eigenvalue weighted by atomic mass is 35.5. The largest absolute Gasteiger partial charge is 0.478 e. The first-order valence-corrected chi connectivity index (χ1v) is 9.14. The summed E-state index contributed by atoms with van der Waals surface area (Å²) in [5, 5.41) is 11.0. The second-order valence-electron chi connectivity index (χ2n) is 6.05. The zero-order valence-corrected chi connectivity index (χ0v) is 15.9. The maximum absolute atomic E-state index is 11.6. The monoisotopic (exact) mass is 409 g/mol. The van der Waals surface area contributed by atoms with Crippen LogP contribution >= 0.6 is 23.2 Å². The van der Waals surface area contributed by atoms with E-state index < -0.39 is 5.97 Å². The number of carboxylic acids is 1. The molecule has 0 unspecified atom stereocenters. The number of rotatable bonds is 4. The summed E-state index contributed by atoms with van der Waals surface area (Å²) in [4.78, 5) is 16.1. The molecule has 4 nitrogen and oxygen atoms in total. The number of carbonyl (C=O) groups is 1. The molecule has 0 bridgehead atoms. The highest BCUT2D eigenvalue weighted by Crippen LogP contribution is 2.34. The molecule has 138 valence electrons. The normalized spacial score (nSPS) is 11.4. The molecule has 0 spiro atoms. The molecule has 0 radical (unpaired) electrons. The lowest BCUT2D eigenvalue weighted by Gasteiger charge is -2.04. The molecule has 28 heavy (non-hydrogen) atoms. The Morgan fingerprint density at radius 3 is 2.64 bits per heavy atom. The van der Waals surface area contributed by atoms with Gasteiger partial charge in [-0.25, -0.2) is 9.78 Å². The number of benzene rings is 2. The summed E-state index contributed by atoms with van der Waals surface area (Å²) in [6.07, 6.45) is 3.44. The number of aromatic nitrogens is 1. The van der Waals surface area contributed by atoms with E-state index in [-0.39, 0.29) is 5.56 Å². The number of halogens is 2. The molecule has 2 aromatic heterocycles. The van der Waals surface area contributed by atoms with Gasteiger partial charge in [0.25, 0.3) is 0 Å². The highest BCUT2D eigenvalue weighted by Gasteiger charge is 2.12. The van der Waals surface area contributed by atoms with Crippen molar-refractivity contribution in [3.05, 3.63) is 87.7 Å². The van der Waals surface area contributed by atoms with E-state index in [4.69, 9.17) is 27.6 Å². The number of furan rings is 1. The molecule has 0 amide bonds. The molecule has 0 aliphatic carbocycles. The Kier molecular flexibility index (Phi) is 4.90. The van der Waals surface area contributed by atoms with Gasteiger partial charge in [0, 0.05) is 10.9 Å². The van der Waals surface area contributed by atoms with Crippen LogP contribution < -0.4 is 0 Å². The van der Waals surface area contributed by atoms with E-state index >= 15 is 0 Å². The zero-order chi connectivity index (χ0) is 19.7. The topological polar surface area (TPSA) is 63.3 Å². The average Bonchev–Trinajstić information content (AvgIpc) is 3.16. The Morgan fingerprint density at radius 1 is 1.00 bits per heavy atom. The van der Waals surface area contributed by atoms with Gasteiger partial charge in [-0.05, 0) is 48.6 Å².